The molecule has 2 aliphatic rings. The van der Waals surface area contributed by atoms with Gasteiger partial charge in [-0.05, 0) is 74.0 Å². The van der Waals surface area contributed by atoms with E-state index < -0.39 is 30.2 Å². The average Bonchev–Trinajstić information content (AvgIpc) is 3.01. The van der Waals surface area contributed by atoms with Gasteiger partial charge in [-0.15, -0.1) is 0 Å². The van der Waals surface area contributed by atoms with Gasteiger partial charge >= 0.3 is 30.2 Å². The van der Waals surface area contributed by atoms with Crippen molar-refractivity contribution < 1.29 is 52.5 Å². The van der Waals surface area contributed by atoms with Gasteiger partial charge in [0.25, 0.3) is 0 Å². The van der Waals surface area contributed by atoms with Crippen LogP contribution >= 0.6 is 0 Å². The predicted molar refractivity (Wildman–Crippen MR) is 197 cm³/mol. The van der Waals surface area contributed by atoms with Gasteiger partial charge in [-0.3, -0.25) is 4.79 Å². The maximum atomic E-state index is 12.7. The molecule has 0 bridgehead atoms. The van der Waals surface area contributed by atoms with Crippen molar-refractivity contribution in [3.63, 3.8) is 0 Å². The molecule has 53 heavy (non-hydrogen) atoms. The Morgan fingerprint density at radius 3 is 1.34 bits per heavy atom. The SMILES string of the molecule is C=C(C)C(=O)OCCOC(=O)NC1CC(C)(C)CC(C)(CNC(=O)CCOC(=O)NCC2(C)CC(NC(=O)OCCOC(=O)C(=C)C)CC(C)(C)C2)C1. The Hall–Kier alpha value is -4.30. The molecule has 15 heteroatoms. The first-order chi connectivity index (χ1) is 24.5. The molecule has 2 fully saturated rings. The summed E-state index contributed by atoms with van der Waals surface area (Å²) < 4.78 is 25.6. The molecule has 0 heterocycles. The number of hydrogen-bond donors (Lipinski definition) is 4. The minimum Gasteiger partial charge on any atom is -0.459 e. The quantitative estimate of drug-likeness (QED) is 0.0670. The van der Waals surface area contributed by atoms with E-state index in [-0.39, 0.29) is 90.3 Å². The second kappa shape index (κ2) is 19.7. The van der Waals surface area contributed by atoms with Crippen LogP contribution in [0.25, 0.3) is 0 Å². The summed E-state index contributed by atoms with van der Waals surface area (Å²) in [6, 6.07) is -0.378. The van der Waals surface area contributed by atoms with Crippen LogP contribution in [0.2, 0.25) is 0 Å². The van der Waals surface area contributed by atoms with Gasteiger partial charge in [0.1, 0.15) is 33.0 Å². The molecule has 0 aromatic carbocycles. The highest BCUT2D eigenvalue weighted by molar-refractivity contribution is 5.87. The molecule has 0 aromatic heterocycles. The third-order valence-corrected chi connectivity index (χ3v) is 9.26. The molecule has 0 aromatic rings. The first kappa shape index (κ1) is 44.9. The third-order valence-electron chi connectivity index (χ3n) is 9.26. The highest BCUT2D eigenvalue weighted by Crippen LogP contribution is 2.47. The monoisotopic (exact) mass is 750 g/mol. The summed E-state index contributed by atoms with van der Waals surface area (Å²) in [7, 11) is 0. The summed E-state index contributed by atoms with van der Waals surface area (Å²) >= 11 is 0. The smallest absolute Gasteiger partial charge is 0.407 e. The molecule has 0 saturated heterocycles. The van der Waals surface area contributed by atoms with E-state index in [1.54, 1.807) is 0 Å². The number of alkyl carbamates (subject to hydrolysis) is 3. The van der Waals surface area contributed by atoms with Crippen molar-refractivity contribution in [1.82, 2.24) is 21.3 Å². The minimum absolute atomic E-state index is 0.0123. The van der Waals surface area contributed by atoms with Crippen LogP contribution in [0.3, 0.4) is 0 Å². The number of ether oxygens (including phenoxy) is 5. The second-order valence-corrected chi connectivity index (χ2v) is 16.9. The van der Waals surface area contributed by atoms with Gasteiger partial charge in [0.15, 0.2) is 0 Å². The van der Waals surface area contributed by atoms with E-state index in [0.29, 0.717) is 25.9 Å². The predicted octanol–water partition coefficient (Wildman–Crippen LogP) is 5.08. The van der Waals surface area contributed by atoms with Crippen LogP contribution in [0, 0.1) is 21.7 Å². The van der Waals surface area contributed by atoms with E-state index in [0.717, 1.165) is 25.7 Å². The largest absolute Gasteiger partial charge is 0.459 e. The molecule has 0 spiro atoms. The lowest BCUT2D eigenvalue weighted by Crippen LogP contribution is -2.50. The molecule has 0 radical (unpaired) electrons. The van der Waals surface area contributed by atoms with Crippen molar-refractivity contribution in [3.8, 4) is 0 Å². The van der Waals surface area contributed by atoms with Crippen LogP contribution in [0.15, 0.2) is 24.3 Å². The maximum absolute atomic E-state index is 12.7. The zero-order valence-corrected chi connectivity index (χ0v) is 33.0. The molecule has 2 aliphatic carbocycles. The van der Waals surface area contributed by atoms with E-state index >= 15 is 0 Å². The van der Waals surface area contributed by atoms with E-state index in [2.05, 4.69) is 69.0 Å². The molecule has 15 nitrogen and oxygen atoms in total. The Morgan fingerprint density at radius 1 is 0.547 bits per heavy atom. The molecule has 4 N–H and O–H groups in total. The fraction of sp³-hybridized carbons (Fsp3) is 0.737. The van der Waals surface area contributed by atoms with Gasteiger partial charge in [-0.2, -0.15) is 0 Å². The van der Waals surface area contributed by atoms with E-state index in [1.165, 1.54) is 13.8 Å². The number of esters is 2. The van der Waals surface area contributed by atoms with Crippen LogP contribution in [-0.2, 0) is 38.1 Å². The first-order valence-corrected chi connectivity index (χ1v) is 18.2. The van der Waals surface area contributed by atoms with Crippen LogP contribution in [-0.4, -0.2) is 94.3 Å². The number of amides is 4. The van der Waals surface area contributed by atoms with Gasteiger partial charge in [-0.1, -0.05) is 54.7 Å². The van der Waals surface area contributed by atoms with E-state index in [4.69, 9.17) is 23.7 Å². The fourth-order valence-corrected chi connectivity index (χ4v) is 7.91. The summed E-state index contributed by atoms with van der Waals surface area (Å²) in [5.74, 6) is -1.35. The number of carbonyl (C=O) groups excluding carboxylic acids is 6. The minimum atomic E-state index is -0.633. The molecule has 4 amide bonds. The highest BCUT2D eigenvalue weighted by Gasteiger charge is 2.43. The molecule has 2 saturated carbocycles. The Bertz CT molecular complexity index is 1260. The van der Waals surface area contributed by atoms with Gasteiger partial charge < -0.3 is 45.0 Å². The van der Waals surface area contributed by atoms with Crippen LogP contribution in [0.4, 0.5) is 14.4 Å². The lowest BCUT2D eigenvalue weighted by Gasteiger charge is -2.46. The molecule has 0 aliphatic heterocycles. The van der Waals surface area contributed by atoms with Crippen molar-refractivity contribution in [1.29, 1.82) is 0 Å². The number of rotatable bonds is 17. The van der Waals surface area contributed by atoms with Gasteiger partial charge in [0.05, 0.1) is 6.42 Å². The van der Waals surface area contributed by atoms with Crippen LogP contribution < -0.4 is 21.3 Å². The maximum Gasteiger partial charge on any atom is 0.407 e. The van der Waals surface area contributed by atoms with Crippen LogP contribution in [0.1, 0.15) is 100 Å². The lowest BCUT2D eigenvalue weighted by atomic mass is 9.62. The van der Waals surface area contributed by atoms with Crippen molar-refractivity contribution in [2.45, 2.75) is 112 Å². The molecule has 4 atom stereocenters. The van der Waals surface area contributed by atoms with Gasteiger partial charge in [0.2, 0.25) is 5.91 Å². The molecule has 300 valence electrons. The second-order valence-electron chi connectivity index (χ2n) is 16.9. The zero-order valence-electron chi connectivity index (χ0n) is 33.0. The summed E-state index contributed by atoms with van der Waals surface area (Å²) in [5, 5.41) is 11.6. The molecular formula is C38H62N4O11. The number of nitrogens with one attached hydrogen (secondary N) is 4. The van der Waals surface area contributed by atoms with Crippen molar-refractivity contribution in [2.24, 2.45) is 21.7 Å². The van der Waals surface area contributed by atoms with Gasteiger partial charge in [-0.25, -0.2) is 24.0 Å². The van der Waals surface area contributed by atoms with Crippen LogP contribution in [0.5, 0.6) is 0 Å². The van der Waals surface area contributed by atoms with E-state index in [9.17, 15) is 28.8 Å². The topological polar surface area (TPSA) is 197 Å². The Balaban J connectivity index is 1.74. The first-order valence-electron chi connectivity index (χ1n) is 18.2. The number of carbonyl (C=O) groups is 6. The van der Waals surface area contributed by atoms with Crippen molar-refractivity contribution >= 4 is 36.1 Å². The number of hydrogen-bond acceptors (Lipinski definition) is 11. The summed E-state index contributed by atoms with van der Waals surface area (Å²) in [4.78, 5) is 73.1. The van der Waals surface area contributed by atoms with Crippen molar-refractivity contribution in [2.75, 3.05) is 46.1 Å². The van der Waals surface area contributed by atoms with Gasteiger partial charge in [0, 0.05) is 36.3 Å². The summed E-state index contributed by atoms with van der Waals surface area (Å²) in [5.41, 5.74) is -0.370. The summed E-state index contributed by atoms with van der Waals surface area (Å²) in [6.45, 7) is 22.9. The zero-order chi connectivity index (χ0) is 40.0. The Labute approximate surface area is 314 Å². The van der Waals surface area contributed by atoms with E-state index in [1.807, 2.05) is 6.92 Å². The Morgan fingerprint density at radius 2 is 0.925 bits per heavy atom. The molecular weight excluding hydrogens is 688 g/mol. The third kappa shape index (κ3) is 17.4. The lowest BCUT2D eigenvalue weighted by molar-refractivity contribution is -0.140. The van der Waals surface area contributed by atoms with Crippen molar-refractivity contribution in [3.05, 3.63) is 24.3 Å². The molecule has 4 unspecified atom stereocenters. The standard InChI is InChI=1S/C38H62N4O11/c1-25(2)30(44)49-13-15-52-33(47)41-27-17-35(5,6)21-37(9,19-27)23-39-29(43)11-12-51-32(46)40-24-38(10)20-28(18-36(7,8)22-38)42-34(48)53-16-14-50-31(45)26(3)4/h27-28H,1,3,11-24H2,2,4-10H3,(H,39,43)(H,40,46)(H,41,47)(H,42,48). The summed E-state index contributed by atoms with van der Waals surface area (Å²) in [6.07, 6.45) is 2.43. The molecule has 2 rings (SSSR count). The average molecular weight is 751 g/mol. The Kier molecular flexibility index (Phi) is 16.7. The fourth-order valence-electron chi connectivity index (χ4n) is 7.91. The normalized spacial score (nSPS) is 24.3. The highest BCUT2D eigenvalue weighted by atomic mass is 16.6.